The highest BCUT2D eigenvalue weighted by Gasteiger charge is 2.40. The second-order valence-corrected chi connectivity index (χ2v) is 6.61. The van der Waals surface area contributed by atoms with Crippen LogP contribution in [0.25, 0.3) is 0 Å². The maximum atomic E-state index is 12.1. The smallest absolute Gasteiger partial charge is 0.410 e. The fourth-order valence-electron chi connectivity index (χ4n) is 2.30. The van der Waals surface area contributed by atoms with E-state index in [2.05, 4.69) is 21.1 Å². The summed E-state index contributed by atoms with van der Waals surface area (Å²) < 4.78 is 6.23. The Morgan fingerprint density at radius 3 is 2.83 bits per heavy atom. The molecule has 1 fully saturated rings. The summed E-state index contributed by atoms with van der Waals surface area (Å²) in [6.07, 6.45) is 2.36. The third-order valence-electron chi connectivity index (χ3n) is 3.01. The van der Waals surface area contributed by atoms with Crippen molar-refractivity contribution in [2.75, 3.05) is 6.54 Å². The molecule has 102 valence electrons. The van der Waals surface area contributed by atoms with Gasteiger partial charge in [0.1, 0.15) is 10.2 Å². The van der Waals surface area contributed by atoms with E-state index in [1.54, 1.807) is 4.90 Å². The van der Waals surface area contributed by atoms with Crippen LogP contribution in [0.3, 0.4) is 0 Å². The van der Waals surface area contributed by atoms with Crippen LogP contribution >= 0.6 is 15.9 Å². The normalized spacial score (nSPS) is 28.0. The first kappa shape index (κ1) is 13.6. The number of likely N-dealkylation sites (tertiary alicyclic amines) is 1. The van der Waals surface area contributed by atoms with Gasteiger partial charge in [-0.3, -0.25) is 0 Å². The summed E-state index contributed by atoms with van der Waals surface area (Å²) in [5, 5.41) is 3.89. The number of halogens is 1. The van der Waals surface area contributed by atoms with E-state index in [-0.39, 0.29) is 18.2 Å². The Bertz CT molecular complexity index is 365. The van der Waals surface area contributed by atoms with Gasteiger partial charge < -0.3 is 14.5 Å². The number of hydrogen-bond acceptors (Lipinski definition) is 4. The Morgan fingerprint density at radius 1 is 1.56 bits per heavy atom. The van der Waals surface area contributed by atoms with Gasteiger partial charge in [-0.05, 0) is 49.5 Å². The quantitative estimate of drug-likeness (QED) is 0.747. The Morgan fingerprint density at radius 2 is 2.28 bits per heavy atom. The summed E-state index contributed by atoms with van der Waals surface area (Å²) in [6, 6.07) is 0.0682. The molecule has 0 aliphatic carbocycles. The monoisotopic (exact) mass is 318 g/mol. The number of rotatable bonds is 1. The highest BCUT2D eigenvalue weighted by Crippen LogP contribution is 2.29. The zero-order valence-electron chi connectivity index (χ0n) is 11.0. The molecule has 0 bridgehead atoms. The van der Waals surface area contributed by atoms with Gasteiger partial charge in [-0.25, -0.2) is 4.79 Å². The van der Waals surface area contributed by atoms with Crippen molar-refractivity contribution in [3.8, 4) is 0 Å². The molecule has 1 amide bonds. The van der Waals surface area contributed by atoms with Gasteiger partial charge in [-0.1, -0.05) is 5.16 Å². The van der Waals surface area contributed by atoms with Crippen molar-refractivity contribution in [2.24, 2.45) is 5.16 Å². The molecular formula is C12H19BrN2O3. The molecule has 18 heavy (non-hydrogen) atoms. The van der Waals surface area contributed by atoms with Gasteiger partial charge in [-0.2, -0.15) is 0 Å². The van der Waals surface area contributed by atoms with Crippen molar-refractivity contribution in [3.63, 3.8) is 0 Å². The fraction of sp³-hybridized carbons (Fsp3) is 0.833. The van der Waals surface area contributed by atoms with E-state index < -0.39 is 5.60 Å². The van der Waals surface area contributed by atoms with Gasteiger partial charge in [0.15, 0.2) is 6.10 Å². The van der Waals surface area contributed by atoms with Crippen LogP contribution in [0.4, 0.5) is 4.79 Å². The number of amides is 1. The Kier molecular flexibility index (Phi) is 3.84. The maximum absolute atomic E-state index is 12.1. The first-order valence-corrected chi connectivity index (χ1v) is 7.04. The molecule has 6 heteroatoms. The van der Waals surface area contributed by atoms with Crippen molar-refractivity contribution in [1.29, 1.82) is 0 Å². The summed E-state index contributed by atoms with van der Waals surface area (Å²) >= 11 is 3.32. The maximum Gasteiger partial charge on any atom is 0.410 e. The third kappa shape index (κ3) is 3.16. The van der Waals surface area contributed by atoms with Crippen LogP contribution in [-0.4, -0.2) is 39.9 Å². The number of nitrogens with zero attached hydrogens (tertiary/aromatic N) is 2. The molecule has 0 saturated carbocycles. The number of hydrogen-bond donors (Lipinski definition) is 0. The summed E-state index contributed by atoms with van der Waals surface area (Å²) in [5.41, 5.74) is -0.460. The van der Waals surface area contributed by atoms with E-state index in [0.29, 0.717) is 0 Å². The Hall–Kier alpha value is -0.780. The molecule has 2 aliphatic rings. The molecule has 0 N–H and O–H groups in total. The van der Waals surface area contributed by atoms with Crippen LogP contribution in [0.5, 0.6) is 0 Å². The molecule has 5 nitrogen and oxygen atoms in total. The van der Waals surface area contributed by atoms with Crippen LogP contribution in [0.2, 0.25) is 0 Å². The van der Waals surface area contributed by atoms with Gasteiger partial charge in [0.25, 0.3) is 0 Å². The summed E-state index contributed by atoms with van der Waals surface area (Å²) in [5.74, 6) is 0. The Balaban J connectivity index is 1.97. The second-order valence-electron chi connectivity index (χ2n) is 5.70. The molecule has 0 unspecified atom stereocenters. The van der Waals surface area contributed by atoms with Crippen LogP contribution in [0.15, 0.2) is 5.16 Å². The molecule has 0 aromatic heterocycles. The minimum absolute atomic E-state index is 0.0469. The number of carbonyl (C=O) groups excluding carboxylic acids is 1. The number of carbonyl (C=O) groups is 1. The summed E-state index contributed by atoms with van der Waals surface area (Å²) in [7, 11) is 0. The lowest BCUT2D eigenvalue weighted by molar-refractivity contribution is -0.00793. The van der Waals surface area contributed by atoms with Gasteiger partial charge in [0.05, 0.1) is 6.04 Å². The van der Waals surface area contributed by atoms with Crippen LogP contribution < -0.4 is 0 Å². The van der Waals surface area contributed by atoms with E-state index in [4.69, 9.17) is 9.57 Å². The SMILES string of the molecule is CC(C)(C)OC(=O)N1CCC[C@H]1[C@H]1CC(Br)=NO1. The summed E-state index contributed by atoms with van der Waals surface area (Å²) in [6.45, 7) is 6.36. The van der Waals surface area contributed by atoms with Gasteiger partial charge in [-0.15, -0.1) is 0 Å². The van der Waals surface area contributed by atoms with Crippen LogP contribution in [-0.2, 0) is 9.57 Å². The first-order valence-electron chi connectivity index (χ1n) is 6.24. The van der Waals surface area contributed by atoms with E-state index in [9.17, 15) is 4.79 Å². The van der Waals surface area contributed by atoms with Crippen molar-refractivity contribution in [2.45, 2.75) is 57.8 Å². The minimum atomic E-state index is -0.460. The molecular weight excluding hydrogens is 300 g/mol. The van der Waals surface area contributed by atoms with E-state index >= 15 is 0 Å². The zero-order valence-corrected chi connectivity index (χ0v) is 12.6. The predicted octanol–water partition coefficient (Wildman–Crippen LogP) is 2.88. The fourth-order valence-corrected chi connectivity index (χ4v) is 2.70. The molecule has 2 aliphatic heterocycles. The van der Waals surface area contributed by atoms with Gasteiger partial charge in [0.2, 0.25) is 0 Å². The molecule has 0 aromatic rings. The second kappa shape index (κ2) is 5.07. The molecule has 0 aromatic carbocycles. The summed E-state index contributed by atoms with van der Waals surface area (Å²) in [4.78, 5) is 19.2. The Labute approximate surface area is 116 Å². The largest absolute Gasteiger partial charge is 0.444 e. The van der Waals surface area contributed by atoms with Gasteiger partial charge >= 0.3 is 6.09 Å². The predicted molar refractivity (Wildman–Crippen MR) is 71.8 cm³/mol. The van der Waals surface area contributed by atoms with Crippen molar-refractivity contribution in [3.05, 3.63) is 0 Å². The molecule has 2 atom stereocenters. The van der Waals surface area contributed by atoms with Gasteiger partial charge in [0, 0.05) is 13.0 Å². The zero-order chi connectivity index (χ0) is 13.3. The number of ether oxygens (including phenoxy) is 1. The topological polar surface area (TPSA) is 51.1 Å². The standard InChI is InChI=1S/C12H19BrN2O3/c1-12(2,3)17-11(16)15-6-4-5-8(15)9-7-10(13)14-18-9/h8-9H,4-7H2,1-3H3/t8-,9+/m0/s1. The highest BCUT2D eigenvalue weighted by molar-refractivity contribution is 9.18. The van der Waals surface area contributed by atoms with Crippen LogP contribution in [0, 0.1) is 0 Å². The van der Waals surface area contributed by atoms with Crippen molar-refractivity contribution < 1.29 is 14.4 Å². The average molecular weight is 319 g/mol. The van der Waals surface area contributed by atoms with E-state index in [1.807, 2.05) is 20.8 Å². The lowest BCUT2D eigenvalue weighted by atomic mass is 10.1. The molecule has 0 spiro atoms. The first-order chi connectivity index (χ1) is 8.37. The van der Waals surface area contributed by atoms with Crippen LogP contribution in [0.1, 0.15) is 40.0 Å². The highest BCUT2D eigenvalue weighted by atomic mass is 79.9. The molecule has 0 radical (unpaired) electrons. The van der Waals surface area contributed by atoms with E-state index in [1.165, 1.54) is 0 Å². The average Bonchev–Trinajstić information content (AvgIpc) is 2.81. The van der Waals surface area contributed by atoms with Crippen molar-refractivity contribution in [1.82, 2.24) is 4.90 Å². The van der Waals surface area contributed by atoms with E-state index in [0.717, 1.165) is 30.4 Å². The molecule has 2 heterocycles. The lowest BCUT2D eigenvalue weighted by Gasteiger charge is -2.30. The lowest BCUT2D eigenvalue weighted by Crippen LogP contribution is -2.45. The molecule has 1 saturated heterocycles. The third-order valence-corrected chi connectivity index (χ3v) is 3.48. The number of oxime groups is 1. The van der Waals surface area contributed by atoms with Crippen molar-refractivity contribution >= 4 is 26.6 Å². The minimum Gasteiger partial charge on any atom is -0.444 e. The molecule has 2 rings (SSSR count).